The van der Waals surface area contributed by atoms with E-state index in [0.717, 1.165) is 16.9 Å². The lowest BCUT2D eigenvalue weighted by atomic mass is 10.1. The Morgan fingerprint density at radius 2 is 1.72 bits per heavy atom. The molecule has 0 aliphatic rings. The van der Waals surface area contributed by atoms with Crippen molar-refractivity contribution in [3.63, 3.8) is 0 Å². The van der Waals surface area contributed by atoms with Gasteiger partial charge in [0.05, 0.1) is 12.8 Å². The van der Waals surface area contributed by atoms with E-state index >= 15 is 0 Å². The highest BCUT2D eigenvalue weighted by Crippen LogP contribution is 2.12. The van der Waals surface area contributed by atoms with Crippen LogP contribution in [0.1, 0.15) is 22.5 Å². The van der Waals surface area contributed by atoms with E-state index in [9.17, 15) is 4.79 Å². The van der Waals surface area contributed by atoms with Gasteiger partial charge in [-0.05, 0) is 36.3 Å². The number of amides is 1. The second kappa shape index (κ2) is 8.15. The molecule has 0 saturated carbocycles. The first-order valence-corrected chi connectivity index (χ1v) is 8.31. The van der Waals surface area contributed by atoms with Crippen molar-refractivity contribution in [3.8, 4) is 0 Å². The number of hydrogen-bond acceptors (Lipinski definition) is 2. The van der Waals surface area contributed by atoms with Crippen molar-refractivity contribution in [1.82, 2.24) is 4.90 Å². The van der Waals surface area contributed by atoms with Crippen molar-refractivity contribution < 1.29 is 9.21 Å². The Morgan fingerprint density at radius 1 is 0.960 bits per heavy atom. The maximum atomic E-state index is 12.7. The van der Waals surface area contributed by atoms with Gasteiger partial charge in [0.1, 0.15) is 5.76 Å². The van der Waals surface area contributed by atoms with Crippen LogP contribution in [0.4, 0.5) is 0 Å². The van der Waals surface area contributed by atoms with E-state index in [2.05, 4.69) is 0 Å². The van der Waals surface area contributed by atoms with Gasteiger partial charge in [-0.2, -0.15) is 0 Å². The van der Waals surface area contributed by atoms with E-state index in [4.69, 9.17) is 4.42 Å². The highest BCUT2D eigenvalue weighted by molar-refractivity contribution is 5.91. The molecule has 25 heavy (non-hydrogen) atoms. The average Bonchev–Trinajstić information content (AvgIpc) is 3.14. The number of hydrogen-bond donors (Lipinski definition) is 0. The van der Waals surface area contributed by atoms with Gasteiger partial charge in [0, 0.05) is 12.6 Å². The van der Waals surface area contributed by atoms with Crippen LogP contribution in [0, 0.1) is 6.92 Å². The molecule has 1 heterocycles. The topological polar surface area (TPSA) is 33.5 Å². The molecule has 0 saturated heterocycles. The number of carbonyl (C=O) groups is 1. The third kappa shape index (κ3) is 4.95. The first-order chi connectivity index (χ1) is 12.2. The number of carbonyl (C=O) groups excluding carboxylic acids is 1. The zero-order chi connectivity index (χ0) is 17.5. The van der Waals surface area contributed by atoms with Crippen LogP contribution in [-0.4, -0.2) is 10.8 Å². The summed E-state index contributed by atoms with van der Waals surface area (Å²) in [5.74, 6) is 0.730. The van der Waals surface area contributed by atoms with Crippen molar-refractivity contribution in [2.45, 2.75) is 20.0 Å². The molecule has 0 unspecified atom stereocenters. The minimum absolute atomic E-state index is 0.0409. The minimum Gasteiger partial charge on any atom is -0.467 e. The van der Waals surface area contributed by atoms with Crippen LogP contribution in [0.5, 0.6) is 0 Å². The summed E-state index contributed by atoms with van der Waals surface area (Å²) in [5, 5.41) is 0. The molecule has 0 atom stereocenters. The third-order valence-electron chi connectivity index (χ3n) is 3.95. The summed E-state index contributed by atoms with van der Waals surface area (Å²) < 4.78 is 5.41. The summed E-state index contributed by atoms with van der Waals surface area (Å²) in [4.78, 5) is 14.5. The number of benzene rings is 2. The number of rotatable bonds is 6. The van der Waals surface area contributed by atoms with Crippen LogP contribution in [0.25, 0.3) is 6.08 Å². The fraction of sp³-hybridized carbons (Fsp3) is 0.136. The zero-order valence-electron chi connectivity index (χ0n) is 14.3. The lowest BCUT2D eigenvalue weighted by Gasteiger charge is -2.20. The summed E-state index contributed by atoms with van der Waals surface area (Å²) in [6, 6.07) is 21.8. The van der Waals surface area contributed by atoms with Crippen LogP contribution in [0.3, 0.4) is 0 Å². The van der Waals surface area contributed by atoms with Gasteiger partial charge in [-0.3, -0.25) is 4.79 Å². The predicted octanol–water partition coefficient (Wildman–Crippen LogP) is 4.83. The maximum Gasteiger partial charge on any atom is 0.247 e. The van der Waals surface area contributed by atoms with Gasteiger partial charge in [0.2, 0.25) is 5.91 Å². The second-order valence-corrected chi connectivity index (χ2v) is 6.00. The van der Waals surface area contributed by atoms with Crippen LogP contribution in [0.15, 0.2) is 83.5 Å². The van der Waals surface area contributed by atoms with Crippen molar-refractivity contribution in [2.24, 2.45) is 0 Å². The molecule has 3 heteroatoms. The van der Waals surface area contributed by atoms with Crippen molar-refractivity contribution in [2.75, 3.05) is 0 Å². The molecule has 0 aliphatic heterocycles. The van der Waals surface area contributed by atoms with Gasteiger partial charge in [0.25, 0.3) is 0 Å². The molecule has 0 aliphatic carbocycles. The molecule has 1 amide bonds. The quantitative estimate of drug-likeness (QED) is 0.606. The smallest absolute Gasteiger partial charge is 0.247 e. The Kier molecular flexibility index (Phi) is 5.47. The van der Waals surface area contributed by atoms with E-state index in [-0.39, 0.29) is 5.91 Å². The molecule has 126 valence electrons. The Balaban J connectivity index is 1.75. The van der Waals surface area contributed by atoms with Crippen molar-refractivity contribution >= 4 is 12.0 Å². The van der Waals surface area contributed by atoms with E-state index in [1.165, 1.54) is 5.56 Å². The largest absolute Gasteiger partial charge is 0.467 e. The summed E-state index contributed by atoms with van der Waals surface area (Å²) >= 11 is 0. The summed E-state index contributed by atoms with van der Waals surface area (Å²) in [5.41, 5.74) is 3.30. The lowest BCUT2D eigenvalue weighted by Crippen LogP contribution is -2.28. The normalized spacial score (nSPS) is 10.9. The fourth-order valence-corrected chi connectivity index (χ4v) is 2.56. The summed E-state index contributed by atoms with van der Waals surface area (Å²) in [7, 11) is 0. The van der Waals surface area contributed by atoms with Gasteiger partial charge in [-0.1, -0.05) is 60.2 Å². The molecule has 0 bridgehead atoms. The van der Waals surface area contributed by atoms with Gasteiger partial charge in [-0.15, -0.1) is 0 Å². The maximum absolute atomic E-state index is 12.7. The van der Waals surface area contributed by atoms with Gasteiger partial charge in [0.15, 0.2) is 0 Å². The Morgan fingerprint density at radius 3 is 2.40 bits per heavy atom. The molecular formula is C22H21NO2. The SMILES string of the molecule is Cc1ccc(/C=C/C(=O)N(Cc2ccccc2)Cc2ccco2)cc1. The molecule has 0 fully saturated rings. The monoisotopic (exact) mass is 331 g/mol. The molecular weight excluding hydrogens is 310 g/mol. The second-order valence-electron chi connectivity index (χ2n) is 6.00. The Hall–Kier alpha value is -3.07. The predicted molar refractivity (Wildman–Crippen MR) is 99.6 cm³/mol. The summed E-state index contributed by atoms with van der Waals surface area (Å²) in [6.45, 7) is 3.03. The standard InChI is InChI=1S/C22H21NO2/c1-18-9-11-19(12-10-18)13-14-22(24)23(17-21-8-5-15-25-21)16-20-6-3-2-4-7-20/h2-15H,16-17H2,1H3/b14-13+. The minimum atomic E-state index is -0.0409. The van der Waals surface area contributed by atoms with E-state index in [1.807, 2.05) is 79.7 Å². The Labute approximate surface area is 148 Å². The number of furan rings is 1. The molecule has 0 spiro atoms. The van der Waals surface area contributed by atoms with Crippen molar-refractivity contribution in [3.05, 3.63) is 102 Å². The van der Waals surface area contributed by atoms with Gasteiger partial charge < -0.3 is 9.32 Å². The first-order valence-electron chi connectivity index (χ1n) is 8.31. The number of nitrogens with zero attached hydrogens (tertiary/aromatic N) is 1. The lowest BCUT2D eigenvalue weighted by molar-refractivity contribution is -0.127. The molecule has 3 nitrogen and oxygen atoms in total. The van der Waals surface area contributed by atoms with Crippen LogP contribution >= 0.6 is 0 Å². The van der Waals surface area contributed by atoms with Gasteiger partial charge >= 0.3 is 0 Å². The molecule has 0 radical (unpaired) electrons. The van der Waals surface area contributed by atoms with E-state index in [1.54, 1.807) is 17.2 Å². The van der Waals surface area contributed by atoms with Crippen molar-refractivity contribution in [1.29, 1.82) is 0 Å². The first kappa shape index (κ1) is 16.8. The molecule has 3 rings (SSSR count). The third-order valence-corrected chi connectivity index (χ3v) is 3.95. The van der Waals surface area contributed by atoms with Gasteiger partial charge in [-0.25, -0.2) is 0 Å². The zero-order valence-corrected chi connectivity index (χ0v) is 14.3. The van der Waals surface area contributed by atoms with Crippen LogP contribution in [0.2, 0.25) is 0 Å². The number of aryl methyl sites for hydroxylation is 1. The molecule has 1 aromatic heterocycles. The van der Waals surface area contributed by atoms with E-state index in [0.29, 0.717) is 13.1 Å². The van der Waals surface area contributed by atoms with E-state index < -0.39 is 0 Å². The average molecular weight is 331 g/mol. The Bertz CT molecular complexity index is 818. The fourth-order valence-electron chi connectivity index (χ4n) is 2.56. The highest BCUT2D eigenvalue weighted by atomic mass is 16.3. The highest BCUT2D eigenvalue weighted by Gasteiger charge is 2.13. The van der Waals surface area contributed by atoms with Crippen LogP contribution < -0.4 is 0 Å². The molecule has 0 N–H and O–H groups in total. The molecule has 2 aromatic carbocycles. The molecule has 3 aromatic rings. The van der Waals surface area contributed by atoms with Crippen LogP contribution in [-0.2, 0) is 17.9 Å². The summed E-state index contributed by atoms with van der Waals surface area (Å²) in [6.07, 6.45) is 5.10.